The zero-order valence-electron chi connectivity index (χ0n) is 10.1. The molecule has 1 nitrogen and oxygen atoms in total. The van der Waals surface area contributed by atoms with E-state index in [9.17, 15) is 13.2 Å². The molecule has 0 saturated heterocycles. The number of rotatable bonds is 3. The highest BCUT2D eigenvalue weighted by molar-refractivity contribution is 9.09. The molecule has 0 spiro atoms. The SMILES string of the molecule is CC(c1ccccn1)C(Br)c1c(F)cc(F)cc1F. The average Bonchev–Trinajstić information content (AvgIpc) is 2.37. The van der Waals surface area contributed by atoms with E-state index >= 15 is 0 Å². The second-order valence-electron chi connectivity index (χ2n) is 4.23. The first-order chi connectivity index (χ1) is 9.00. The summed E-state index contributed by atoms with van der Waals surface area (Å²) in [7, 11) is 0. The summed E-state index contributed by atoms with van der Waals surface area (Å²) in [6, 6.07) is 6.70. The van der Waals surface area contributed by atoms with E-state index in [1.54, 1.807) is 31.3 Å². The molecule has 1 aromatic carbocycles. The van der Waals surface area contributed by atoms with Gasteiger partial charge in [0, 0.05) is 35.5 Å². The Morgan fingerprint density at radius 2 is 1.74 bits per heavy atom. The molecule has 0 N–H and O–H groups in total. The molecule has 1 aromatic heterocycles. The Morgan fingerprint density at radius 3 is 2.26 bits per heavy atom. The summed E-state index contributed by atoms with van der Waals surface area (Å²) in [6.07, 6.45) is 1.61. The number of aromatic nitrogens is 1. The van der Waals surface area contributed by atoms with Gasteiger partial charge in [0.1, 0.15) is 17.5 Å². The molecule has 0 saturated carbocycles. The van der Waals surface area contributed by atoms with Gasteiger partial charge in [-0.2, -0.15) is 0 Å². The molecule has 100 valence electrons. The van der Waals surface area contributed by atoms with Crippen molar-refractivity contribution in [1.82, 2.24) is 4.98 Å². The van der Waals surface area contributed by atoms with Gasteiger partial charge in [-0.3, -0.25) is 4.98 Å². The van der Waals surface area contributed by atoms with E-state index in [2.05, 4.69) is 20.9 Å². The van der Waals surface area contributed by atoms with Crippen LogP contribution in [0.2, 0.25) is 0 Å². The molecular weight excluding hydrogens is 319 g/mol. The molecule has 0 fully saturated rings. The maximum absolute atomic E-state index is 13.7. The molecule has 19 heavy (non-hydrogen) atoms. The van der Waals surface area contributed by atoms with E-state index in [4.69, 9.17) is 0 Å². The van der Waals surface area contributed by atoms with Crippen LogP contribution >= 0.6 is 15.9 Å². The minimum Gasteiger partial charge on any atom is -0.261 e. The van der Waals surface area contributed by atoms with Gasteiger partial charge in [0.15, 0.2) is 0 Å². The number of hydrogen-bond acceptors (Lipinski definition) is 1. The van der Waals surface area contributed by atoms with Gasteiger partial charge >= 0.3 is 0 Å². The van der Waals surface area contributed by atoms with Crippen molar-refractivity contribution in [2.24, 2.45) is 0 Å². The maximum atomic E-state index is 13.7. The number of alkyl halides is 1. The Bertz CT molecular complexity index is 551. The van der Waals surface area contributed by atoms with Crippen LogP contribution in [0.5, 0.6) is 0 Å². The Hall–Kier alpha value is -1.36. The van der Waals surface area contributed by atoms with Crippen LogP contribution in [-0.2, 0) is 0 Å². The molecule has 0 bridgehead atoms. The molecule has 2 unspecified atom stereocenters. The normalized spacial score (nSPS) is 14.2. The van der Waals surface area contributed by atoms with Crippen molar-refractivity contribution in [2.45, 2.75) is 17.7 Å². The highest BCUT2D eigenvalue weighted by atomic mass is 79.9. The molecule has 2 aromatic rings. The summed E-state index contributed by atoms with van der Waals surface area (Å²) in [5, 5.41) is 0. The van der Waals surface area contributed by atoms with E-state index in [0.717, 1.165) is 0 Å². The summed E-state index contributed by atoms with van der Waals surface area (Å²) < 4.78 is 40.3. The molecule has 0 radical (unpaired) electrons. The third-order valence-electron chi connectivity index (χ3n) is 2.91. The monoisotopic (exact) mass is 329 g/mol. The highest BCUT2D eigenvalue weighted by Crippen LogP contribution is 2.39. The fourth-order valence-electron chi connectivity index (χ4n) is 1.86. The molecule has 0 aliphatic heterocycles. The van der Waals surface area contributed by atoms with Crippen molar-refractivity contribution >= 4 is 15.9 Å². The lowest BCUT2D eigenvalue weighted by Gasteiger charge is -2.19. The maximum Gasteiger partial charge on any atom is 0.133 e. The van der Waals surface area contributed by atoms with E-state index in [0.29, 0.717) is 17.8 Å². The van der Waals surface area contributed by atoms with Gasteiger partial charge in [0.2, 0.25) is 0 Å². The first kappa shape index (κ1) is 14.1. The van der Waals surface area contributed by atoms with Gasteiger partial charge in [-0.25, -0.2) is 13.2 Å². The fourth-order valence-corrected chi connectivity index (χ4v) is 2.57. The van der Waals surface area contributed by atoms with Crippen LogP contribution in [0.1, 0.15) is 28.9 Å². The number of hydrogen-bond donors (Lipinski definition) is 0. The van der Waals surface area contributed by atoms with Crippen molar-refractivity contribution in [2.75, 3.05) is 0 Å². The zero-order chi connectivity index (χ0) is 14.0. The van der Waals surface area contributed by atoms with E-state index in [1.165, 1.54) is 0 Å². The lowest BCUT2D eigenvalue weighted by atomic mass is 9.96. The third-order valence-corrected chi connectivity index (χ3v) is 4.16. The number of halogens is 4. The lowest BCUT2D eigenvalue weighted by molar-refractivity contribution is 0.513. The number of pyridine rings is 1. The quantitative estimate of drug-likeness (QED) is 0.741. The van der Waals surface area contributed by atoms with Crippen LogP contribution in [0.25, 0.3) is 0 Å². The Labute approximate surface area is 117 Å². The van der Waals surface area contributed by atoms with Crippen molar-refractivity contribution in [3.63, 3.8) is 0 Å². The zero-order valence-corrected chi connectivity index (χ0v) is 11.7. The van der Waals surface area contributed by atoms with Gasteiger partial charge < -0.3 is 0 Å². The van der Waals surface area contributed by atoms with Gasteiger partial charge in [-0.05, 0) is 12.1 Å². The van der Waals surface area contributed by atoms with E-state index in [-0.39, 0.29) is 11.5 Å². The number of benzene rings is 1. The van der Waals surface area contributed by atoms with Crippen molar-refractivity contribution in [3.05, 3.63) is 65.2 Å². The minimum absolute atomic E-state index is 0.181. The predicted octanol–water partition coefficient (Wildman–Crippen LogP) is 4.74. The first-order valence-electron chi connectivity index (χ1n) is 5.70. The predicted molar refractivity (Wildman–Crippen MR) is 70.6 cm³/mol. The Kier molecular flexibility index (Phi) is 4.24. The molecular formula is C14H11BrF3N. The van der Waals surface area contributed by atoms with Crippen molar-refractivity contribution in [1.29, 1.82) is 0 Å². The smallest absolute Gasteiger partial charge is 0.133 e. The fraction of sp³-hybridized carbons (Fsp3) is 0.214. The first-order valence-corrected chi connectivity index (χ1v) is 6.61. The molecule has 0 aliphatic rings. The van der Waals surface area contributed by atoms with Crippen molar-refractivity contribution in [3.8, 4) is 0 Å². The van der Waals surface area contributed by atoms with Crippen LogP contribution < -0.4 is 0 Å². The standard InChI is InChI=1S/C14H11BrF3N/c1-8(12-4-2-3-5-19-12)14(15)13-10(17)6-9(16)7-11(13)18/h2-8,14H,1H3. The van der Waals surface area contributed by atoms with Crippen LogP contribution in [0, 0.1) is 17.5 Å². The molecule has 0 amide bonds. The summed E-state index contributed by atoms with van der Waals surface area (Å²) in [6.45, 7) is 1.80. The van der Waals surface area contributed by atoms with E-state index < -0.39 is 22.3 Å². The van der Waals surface area contributed by atoms with Gasteiger partial charge in [0.05, 0.1) is 4.83 Å². The van der Waals surface area contributed by atoms with Crippen LogP contribution in [0.15, 0.2) is 36.5 Å². The largest absolute Gasteiger partial charge is 0.261 e. The molecule has 1 heterocycles. The van der Waals surface area contributed by atoms with Crippen LogP contribution in [-0.4, -0.2) is 4.98 Å². The molecule has 2 atom stereocenters. The second kappa shape index (κ2) is 5.74. The van der Waals surface area contributed by atoms with Gasteiger partial charge in [-0.1, -0.05) is 28.9 Å². The van der Waals surface area contributed by atoms with Gasteiger partial charge in [-0.15, -0.1) is 0 Å². The Morgan fingerprint density at radius 1 is 1.11 bits per heavy atom. The summed E-state index contributed by atoms with van der Waals surface area (Å²) in [4.78, 5) is 3.53. The summed E-state index contributed by atoms with van der Waals surface area (Å²) in [5.74, 6) is -2.98. The number of nitrogens with zero attached hydrogens (tertiary/aromatic N) is 1. The topological polar surface area (TPSA) is 12.9 Å². The van der Waals surface area contributed by atoms with Crippen LogP contribution in [0.4, 0.5) is 13.2 Å². The van der Waals surface area contributed by atoms with Gasteiger partial charge in [0.25, 0.3) is 0 Å². The summed E-state index contributed by atoms with van der Waals surface area (Å²) >= 11 is 3.27. The van der Waals surface area contributed by atoms with Crippen molar-refractivity contribution < 1.29 is 13.2 Å². The minimum atomic E-state index is -0.927. The van der Waals surface area contributed by atoms with Crippen LogP contribution in [0.3, 0.4) is 0 Å². The Balaban J connectivity index is 2.37. The second-order valence-corrected chi connectivity index (χ2v) is 5.21. The molecule has 5 heteroatoms. The molecule has 0 aliphatic carbocycles. The third kappa shape index (κ3) is 2.97. The highest BCUT2D eigenvalue weighted by Gasteiger charge is 2.25. The summed E-state index contributed by atoms with van der Waals surface area (Å²) in [5.41, 5.74) is 0.520. The van der Waals surface area contributed by atoms with E-state index in [1.807, 2.05) is 0 Å². The average molecular weight is 330 g/mol. The lowest BCUT2D eigenvalue weighted by Crippen LogP contribution is -2.08. The molecule has 2 rings (SSSR count).